The third-order valence-electron chi connectivity index (χ3n) is 7.52. The van der Waals surface area contributed by atoms with Crippen molar-refractivity contribution in [2.45, 2.75) is 53.2 Å². The number of benzene rings is 2. The van der Waals surface area contributed by atoms with E-state index in [1.165, 1.54) is 0 Å². The molecule has 1 aliphatic rings. The standard InChI is InChI=1S/C32H43N5O4/c1-23(2)35-16-11-17-37(29(38)22-40-27-14-8-7-9-15-27)31-24(3)12-10-13-26(31)20-36(19-18-35)32(39)30-28(21-34(5)6)25(4)41-33-30/h7-10,12-15,23H,11,16-22H2,1-6H3. The van der Waals surface area contributed by atoms with Crippen LogP contribution in [0.4, 0.5) is 5.69 Å². The van der Waals surface area contributed by atoms with Gasteiger partial charge in [0.1, 0.15) is 11.5 Å². The quantitative estimate of drug-likeness (QED) is 0.420. The first-order valence-electron chi connectivity index (χ1n) is 14.4. The SMILES string of the molecule is Cc1cccc2c1N(C(=O)COc1ccccc1)CCCN(C(C)C)CCN(C(=O)c1noc(C)c1CN(C)C)C2. The number of nitrogens with zero attached hydrogens (tertiary/aromatic N) is 5. The molecule has 0 atom stereocenters. The maximum absolute atomic E-state index is 14.1. The molecule has 0 unspecified atom stereocenters. The molecule has 4 rings (SSSR count). The average molecular weight is 562 g/mol. The van der Waals surface area contributed by atoms with E-state index >= 15 is 0 Å². The van der Waals surface area contributed by atoms with Gasteiger partial charge >= 0.3 is 0 Å². The van der Waals surface area contributed by atoms with E-state index in [-0.39, 0.29) is 18.4 Å². The number of para-hydroxylation sites is 2. The summed E-state index contributed by atoms with van der Waals surface area (Å²) in [5.41, 5.74) is 3.89. The molecular weight excluding hydrogens is 518 g/mol. The Morgan fingerprint density at radius 1 is 1.00 bits per heavy atom. The Bertz CT molecular complexity index is 1320. The second-order valence-corrected chi connectivity index (χ2v) is 11.2. The number of aromatic nitrogens is 1. The molecule has 1 aliphatic heterocycles. The van der Waals surface area contributed by atoms with Gasteiger partial charge in [0.05, 0.1) is 5.69 Å². The van der Waals surface area contributed by atoms with Crippen LogP contribution >= 0.6 is 0 Å². The fourth-order valence-corrected chi connectivity index (χ4v) is 5.31. The number of anilines is 1. The van der Waals surface area contributed by atoms with E-state index in [1.54, 1.807) is 0 Å². The van der Waals surface area contributed by atoms with Gasteiger partial charge in [-0.3, -0.25) is 14.5 Å². The number of fused-ring (bicyclic) bond motifs is 1. The van der Waals surface area contributed by atoms with E-state index in [2.05, 4.69) is 23.9 Å². The van der Waals surface area contributed by atoms with Crippen molar-refractivity contribution in [1.82, 2.24) is 19.9 Å². The summed E-state index contributed by atoms with van der Waals surface area (Å²) < 4.78 is 11.4. The first-order chi connectivity index (χ1) is 19.7. The van der Waals surface area contributed by atoms with Crippen molar-refractivity contribution >= 4 is 17.5 Å². The van der Waals surface area contributed by atoms with Gasteiger partial charge in [-0.05, 0) is 71.5 Å². The molecule has 9 nitrogen and oxygen atoms in total. The van der Waals surface area contributed by atoms with Crippen LogP contribution < -0.4 is 9.64 Å². The predicted octanol–water partition coefficient (Wildman–Crippen LogP) is 4.52. The summed E-state index contributed by atoms with van der Waals surface area (Å²) in [5, 5.41) is 4.19. The van der Waals surface area contributed by atoms with Crippen LogP contribution in [0.3, 0.4) is 0 Å². The number of carbonyl (C=O) groups is 2. The summed E-state index contributed by atoms with van der Waals surface area (Å²) in [6.07, 6.45) is 0.798. The van der Waals surface area contributed by atoms with Gasteiger partial charge < -0.3 is 24.0 Å². The van der Waals surface area contributed by atoms with Crippen molar-refractivity contribution < 1.29 is 18.8 Å². The van der Waals surface area contributed by atoms with Crippen LogP contribution in [0, 0.1) is 13.8 Å². The summed E-state index contributed by atoms with van der Waals surface area (Å²) >= 11 is 0. The van der Waals surface area contributed by atoms with Gasteiger partial charge in [0, 0.05) is 50.9 Å². The summed E-state index contributed by atoms with van der Waals surface area (Å²) in [6.45, 7) is 11.6. The molecule has 0 N–H and O–H groups in total. The van der Waals surface area contributed by atoms with Crippen LogP contribution in [0.5, 0.6) is 5.75 Å². The maximum Gasteiger partial charge on any atom is 0.276 e. The van der Waals surface area contributed by atoms with Crippen LogP contribution in [0.25, 0.3) is 0 Å². The van der Waals surface area contributed by atoms with Crippen LogP contribution in [-0.4, -0.2) is 84.6 Å². The Kier molecular flexibility index (Phi) is 10.2. The second-order valence-electron chi connectivity index (χ2n) is 11.2. The average Bonchev–Trinajstić information content (AvgIpc) is 3.28. The minimum absolute atomic E-state index is 0.0690. The van der Waals surface area contributed by atoms with Crippen molar-refractivity contribution in [1.29, 1.82) is 0 Å². The summed E-state index contributed by atoms with van der Waals surface area (Å²) in [5.74, 6) is 1.02. The van der Waals surface area contributed by atoms with Crippen LogP contribution in [0.15, 0.2) is 53.1 Å². The molecule has 0 bridgehead atoms. The molecule has 0 radical (unpaired) electrons. The highest BCUT2D eigenvalue weighted by atomic mass is 16.5. The Morgan fingerprint density at radius 3 is 2.46 bits per heavy atom. The number of aryl methyl sites for hydroxylation is 2. The van der Waals surface area contributed by atoms with Crippen molar-refractivity contribution in [2.75, 3.05) is 51.8 Å². The highest BCUT2D eigenvalue weighted by Crippen LogP contribution is 2.29. The molecule has 2 aromatic carbocycles. The Labute approximate surface area is 243 Å². The predicted molar refractivity (Wildman–Crippen MR) is 160 cm³/mol. The third-order valence-corrected chi connectivity index (χ3v) is 7.52. The highest BCUT2D eigenvalue weighted by Gasteiger charge is 2.29. The lowest BCUT2D eigenvalue weighted by Gasteiger charge is -2.30. The molecule has 41 heavy (non-hydrogen) atoms. The Balaban J connectivity index is 1.70. The molecule has 9 heteroatoms. The molecule has 2 heterocycles. The lowest BCUT2D eigenvalue weighted by molar-refractivity contribution is -0.120. The molecule has 2 amide bonds. The van der Waals surface area contributed by atoms with Crippen LogP contribution in [0.1, 0.15) is 53.2 Å². The Morgan fingerprint density at radius 2 is 1.76 bits per heavy atom. The van der Waals surface area contributed by atoms with Gasteiger partial charge in [-0.25, -0.2) is 0 Å². The number of hydrogen-bond acceptors (Lipinski definition) is 7. The minimum atomic E-state index is -0.167. The van der Waals surface area contributed by atoms with Crippen molar-refractivity contribution in [3.63, 3.8) is 0 Å². The topological polar surface area (TPSA) is 82.4 Å². The van der Waals surface area contributed by atoms with E-state index in [0.717, 1.165) is 41.9 Å². The summed E-state index contributed by atoms with van der Waals surface area (Å²) in [4.78, 5) is 35.9. The van der Waals surface area contributed by atoms with E-state index in [9.17, 15) is 9.59 Å². The third kappa shape index (κ3) is 7.54. The van der Waals surface area contributed by atoms with Gasteiger partial charge in [0.25, 0.3) is 11.8 Å². The van der Waals surface area contributed by atoms with Gasteiger partial charge in [-0.2, -0.15) is 0 Å². The zero-order valence-corrected chi connectivity index (χ0v) is 25.2. The summed E-state index contributed by atoms with van der Waals surface area (Å²) in [7, 11) is 3.92. The molecule has 1 aromatic heterocycles. The molecule has 0 saturated heterocycles. The lowest BCUT2D eigenvalue weighted by Crippen LogP contribution is -2.42. The highest BCUT2D eigenvalue weighted by molar-refractivity contribution is 5.97. The second kappa shape index (κ2) is 13.8. The van der Waals surface area contributed by atoms with Crippen LogP contribution in [-0.2, 0) is 17.9 Å². The maximum atomic E-state index is 14.1. The molecule has 0 fully saturated rings. The van der Waals surface area contributed by atoms with Gasteiger partial charge in [-0.1, -0.05) is 41.6 Å². The minimum Gasteiger partial charge on any atom is -0.484 e. The van der Waals surface area contributed by atoms with Crippen molar-refractivity contribution in [3.05, 3.63) is 76.7 Å². The normalized spacial score (nSPS) is 15.1. The van der Waals surface area contributed by atoms with Gasteiger partial charge in [0.2, 0.25) is 0 Å². The largest absolute Gasteiger partial charge is 0.484 e. The number of rotatable bonds is 7. The number of hydrogen-bond donors (Lipinski definition) is 0. The number of ether oxygens (including phenoxy) is 1. The molecule has 220 valence electrons. The monoisotopic (exact) mass is 561 g/mol. The smallest absolute Gasteiger partial charge is 0.276 e. The first-order valence-corrected chi connectivity index (χ1v) is 14.4. The van der Waals surface area contributed by atoms with E-state index in [1.807, 2.05) is 91.2 Å². The fourth-order valence-electron chi connectivity index (χ4n) is 5.31. The lowest BCUT2D eigenvalue weighted by atomic mass is 10.0. The molecular formula is C32H43N5O4. The molecule has 3 aromatic rings. The number of amides is 2. The summed E-state index contributed by atoms with van der Waals surface area (Å²) in [6, 6.07) is 15.7. The van der Waals surface area contributed by atoms with E-state index in [4.69, 9.17) is 9.26 Å². The zero-order valence-electron chi connectivity index (χ0n) is 25.2. The fraction of sp³-hybridized carbons (Fsp3) is 0.469. The van der Waals surface area contributed by atoms with Crippen molar-refractivity contribution in [3.8, 4) is 5.75 Å². The molecule has 0 spiro atoms. The van der Waals surface area contributed by atoms with E-state index < -0.39 is 0 Å². The number of carbonyl (C=O) groups excluding carboxylic acids is 2. The van der Waals surface area contributed by atoms with Gasteiger partial charge in [-0.15, -0.1) is 0 Å². The molecule has 0 saturated carbocycles. The van der Waals surface area contributed by atoms with Crippen molar-refractivity contribution in [2.24, 2.45) is 0 Å². The van der Waals surface area contributed by atoms with E-state index in [0.29, 0.717) is 49.4 Å². The zero-order chi connectivity index (χ0) is 29.5. The Hall–Kier alpha value is -3.69. The molecule has 0 aliphatic carbocycles. The van der Waals surface area contributed by atoms with Gasteiger partial charge in [0.15, 0.2) is 12.3 Å². The first kappa shape index (κ1) is 30.3. The van der Waals surface area contributed by atoms with Crippen LogP contribution in [0.2, 0.25) is 0 Å².